The van der Waals surface area contributed by atoms with E-state index in [9.17, 15) is 13.5 Å². The number of hydrogen-bond acceptors (Lipinski definition) is 8. The van der Waals surface area contributed by atoms with E-state index in [-0.39, 0.29) is 23.7 Å². The van der Waals surface area contributed by atoms with Crippen LogP contribution < -0.4 is 10.0 Å². The lowest BCUT2D eigenvalue weighted by molar-refractivity contribution is 0.474. The molecule has 3 N–H and O–H groups in total. The maximum Gasteiger partial charge on any atom is 0.240 e. The summed E-state index contributed by atoms with van der Waals surface area (Å²) in [5.74, 6) is 2.96. The van der Waals surface area contributed by atoms with Gasteiger partial charge in [0.25, 0.3) is 0 Å². The van der Waals surface area contributed by atoms with Crippen molar-refractivity contribution in [3.8, 4) is 29.5 Å². The van der Waals surface area contributed by atoms with Crippen LogP contribution in [0.3, 0.4) is 0 Å². The van der Waals surface area contributed by atoms with E-state index in [0.717, 1.165) is 21.9 Å². The summed E-state index contributed by atoms with van der Waals surface area (Å²) in [5, 5.41) is 14.4. The first kappa shape index (κ1) is 25.1. The van der Waals surface area contributed by atoms with Gasteiger partial charge in [0.1, 0.15) is 5.75 Å². The third-order valence-corrected chi connectivity index (χ3v) is 7.38. The molecule has 1 aromatic carbocycles. The second-order valence-electron chi connectivity index (χ2n) is 7.56. The van der Waals surface area contributed by atoms with E-state index in [2.05, 4.69) is 25.9 Å². The average Bonchev–Trinajstić information content (AvgIpc) is 3.46. The van der Waals surface area contributed by atoms with E-state index in [1.165, 1.54) is 35.6 Å². The smallest absolute Gasteiger partial charge is 0.240 e. The Morgan fingerprint density at radius 3 is 2.78 bits per heavy atom. The lowest BCUT2D eigenvalue weighted by Gasteiger charge is -2.10. The van der Waals surface area contributed by atoms with Crippen molar-refractivity contribution in [2.45, 2.75) is 18.2 Å². The SMILES string of the molecule is C#C/C=C(\C/C=C\C)c1nc2sccn2c1-c1ccnc(NCCNS(=O)(=O)c2ccc(O)cc2)n1. The molecule has 9 nitrogen and oxygen atoms in total. The molecule has 4 aromatic rings. The third kappa shape index (κ3) is 5.63. The monoisotopic (exact) mass is 520 g/mol. The number of nitrogens with zero attached hydrogens (tertiary/aromatic N) is 4. The second kappa shape index (κ2) is 11.2. The quantitative estimate of drug-likeness (QED) is 0.165. The Hall–Kier alpha value is -3.98. The van der Waals surface area contributed by atoms with Crippen LogP contribution in [0.4, 0.5) is 5.95 Å². The minimum absolute atomic E-state index is 0.00236. The Labute approximate surface area is 213 Å². The number of fused-ring (bicyclic) bond motifs is 1. The Bertz CT molecular complexity index is 1560. The molecule has 0 aliphatic rings. The molecule has 36 heavy (non-hydrogen) atoms. The second-order valence-corrected chi connectivity index (χ2v) is 10.2. The zero-order chi connectivity index (χ0) is 25.5. The van der Waals surface area contributed by atoms with E-state index in [1.807, 2.05) is 35.1 Å². The summed E-state index contributed by atoms with van der Waals surface area (Å²) in [6, 6.07) is 7.12. The Morgan fingerprint density at radius 1 is 1.22 bits per heavy atom. The first-order chi connectivity index (χ1) is 17.4. The van der Waals surface area contributed by atoms with Crippen LogP contribution in [-0.2, 0) is 10.0 Å². The summed E-state index contributed by atoms with van der Waals surface area (Å²) in [5.41, 5.74) is 3.11. The first-order valence-electron chi connectivity index (χ1n) is 11.0. The number of aromatic hydroxyl groups is 1. The highest BCUT2D eigenvalue weighted by Gasteiger charge is 2.19. The average molecular weight is 521 g/mol. The Balaban J connectivity index is 1.53. The molecule has 11 heteroatoms. The molecule has 0 bridgehead atoms. The highest BCUT2D eigenvalue weighted by molar-refractivity contribution is 7.89. The largest absolute Gasteiger partial charge is 0.508 e. The van der Waals surface area contributed by atoms with Gasteiger partial charge in [0.05, 0.1) is 22.0 Å². The van der Waals surface area contributed by atoms with Gasteiger partial charge in [0.15, 0.2) is 4.96 Å². The van der Waals surface area contributed by atoms with Crippen molar-refractivity contribution in [2.75, 3.05) is 18.4 Å². The molecule has 0 aliphatic carbocycles. The number of nitrogens with one attached hydrogen (secondary N) is 2. The minimum Gasteiger partial charge on any atom is -0.508 e. The molecule has 3 heterocycles. The van der Waals surface area contributed by atoms with E-state index >= 15 is 0 Å². The number of allylic oxidation sites excluding steroid dienone is 4. The number of aromatic nitrogens is 4. The molecule has 0 spiro atoms. The van der Waals surface area contributed by atoms with Crippen molar-refractivity contribution >= 4 is 37.8 Å². The highest BCUT2D eigenvalue weighted by atomic mass is 32.2. The van der Waals surface area contributed by atoms with Gasteiger partial charge in [-0.15, -0.1) is 17.8 Å². The number of rotatable bonds is 10. The Kier molecular flexibility index (Phi) is 7.80. The van der Waals surface area contributed by atoms with E-state index in [1.54, 1.807) is 18.3 Å². The fourth-order valence-corrected chi connectivity index (χ4v) is 5.21. The van der Waals surface area contributed by atoms with Gasteiger partial charge in [-0.1, -0.05) is 18.1 Å². The van der Waals surface area contributed by atoms with Crippen molar-refractivity contribution in [1.82, 2.24) is 24.1 Å². The van der Waals surface area contributed by atoms with Crippen molar-refractivity contribution in [1.29, 1.82) is 0 Å². The van der Waals surface area contributed by atoms with Gasteiger partial charge in [0.2, 0.25) is 16.0 Å². The molecule has 184 valence electrons. The van der Waals surface area contributed by atoms with Crippen LogP contribution in [0.2, 0.25) is 0 Å². The zero-order valence-corrected chi connectivity index (χ0v) is 21.1. The number of thiazole rings is 1. The number of benzene rings is 1. The van der Waals surface area contributed by atoms with Gasteiger partial charge in [0, 0.05) is 30.9 Å². The first-order valence-corrected chi connectivity index (χ1v) is 13.4. The number of terminal acetylenes is 1. The van der Waals surface area contributed by atoms with Gasteiger partial charge in [-0.05, 0) is 55.3 Å². The van der Waals surface area contributed by atoms with Crippen LogP contribution >= 0.6 is 11.3 Å². The molecule has 0 aliphatic heterocycles. The van der Waals surface area contributed by atoms with Crippen LogP contribution in [0.1, 0.15) is 19.0 Å². The molecule has 0 saturated carbocycles. The molecule has 0 fully saturated rings. The predicted molar refractivity (Wildman–Crippen MR) is 142 cm³/mol. The van der Waals surface area contributed by atoms with Gasteiger partial charge < -0.3 is 10.4 Å². The van der Waals surface area contributed by atoms with E-state index in [0.29, 0.717) is 18.1 Å². The maximum atomic E-state index is 12.4. The van der Waals surface area contributed by atoms with Crippen molar-refractivity contribution < 1.29 is 13.5 Å². The number of phenolic OH excluding ortho intramolecular Hbond substituents is 1. The van der Waals surface area contributed by atoms with Gasteiger partial charge >= 0.3 is 0 Å². The van der Waals surface area contributed by atoms with Crippen LogP contribution in [0.15, 0.2) is 71.2 Å². The fraction of sp³-hybridized carbons (Fsp3) is 0.160. The highest BCUT2D eigenvalue weighted by Crippen LogP contribution is 2.32. The molecule has 0 radical (unpaired) electrons. The van der Waals surface area contributed by atoms with Crippen molar-refractivity contribution in [3.05, 3.63) is 72.0 Å². The van der Waals surface area contributed by atoms with Crippen LogP contribution in [0, 0.1) is 12.3 Å². The summed E-state index contributed by atoms with van der Waals surface area (Å²) in [4.78, 5) is 14.6. The molecule has 0 atom stereocenters. The maximum absolute atomic E-state index is 12.4. The summed E-state index contributed by atoms with van der Waals surface area (Å²) in [7, 11) is -3.70. The molecule has 0 unspecified atom stereocenters. The van der Waals surface area contributed by atoms with Gasteiger partial charge in [-0.3, -0.25) is 4.40 Å². The van der Waals surface area contributed by atoms with Crippen molar-refractivity contribution in [2.24, 2.45) is 0 Å². The summed E-state index contributed by atoms with van der Waals surface area (Å²) >= 11 is 1.52. The predicted octanol–water partition coefficient (Wildman–Crippen LogP) is 3.93. The molecule has 0 saturated heterocycles. The molecule has 4 rings (SSSR count). The lowest BCUT2D eigenvalue weighted by atomic mass is 10.0. The topological polar surface area (TPSA) is 122 Å². The molecule has 3 aromatic heterocycles. The Morgan fingerprint density at radius 2 is 2.03 bits per heavy atom. The van der Waals surface area contributed by atoms with E-state index < -0.39 is 10.0 Å². The summed E-state index contributed by atoms with van der Waals surface area (Å²) in [6.45, 7) is 2.33. The van der Waals surface area contributed by atoms with Gasteiger partial charge in [-0.25, -0.2) is 28.1 Å². The number of phenols is 1. The third-order valence-electron chi connectivity index (χ3n) is 5.14. The normalized spacial score (nSPS) is 12.3. The molecular formula is C25H24N6O3S2. The standard InChI is InChI=1S/C25H24N6O3S2/c1-3-5-7-18(6-4-2)22-23(31-16-17-35-25(31)30-22)21-12-13-26-24(29-21)27-14-15-28-36(33,34)20-10-8-19(32)9-11-20/h2-3,5-6,8-13,16-17,28,32H,7,14-15H2,1H3,(H,26,27,29)/b5-3-,18-6+. The minimum atomic E-state index is -3.70. The van der Waals surface area contributed by atoms with Crippen LogP contribution in [-0.4, -0.2) is 46.0 Å². The number of anilines is 1. The summed E-state index contributed by atoms with van der Waals surface area (Å²) in [6.07, 6.45) is 15.5. The fourth-order valence-electron chi connectivity index (χ4n) is 3.47. The van der Waals surface area contributed by atoms with Crippen molar-refractivity contribution in [3.63, 3.8) is 0 Å². The van der Waals surface area contributed by atoms with Gasteiger partial charge in [-0.2, -0.15) is 0 Å². The number of hydrogen-bond donors (Lipinski definition) is 3. The zero-order valence-electron chi connectivity index (χ0n) is 19.4. The van der Waals surface area contributed by atoms with Crippen LogP contribution in [0.5, 0.6) is 5.75 Å². The van der Waals surface area contributed by atoms with E-state index in [4.69, 9.17) is 11.4 Å². The van der Waals surface area contributed by atoms with Crippen LogP contribution in [0.25, 0.3) is 21.9 Å². The molecular weight excluding hydrogens is 496 g/mol. The number of imidazole rings is 1. The lowest BCUT2D eigenvalue weighted by Crippen LogP contribution is -2.29. The summed E-state index contributed by atoms with van der Waals surface area (Å²) < 4.78 is 29.3. The molecule has 0 amide bonds. The number of sulfonamides is 1.